The standard InChI is InChI=1S/C12H10N2S/c13-7-11-10(8-15-12(11)14)6-9-4-2-1-3-5-9/h1-5,8H,6,14H2. The molecule has 1 aromatic heterocycles. The van der Waals surface area contributed by atoms with Gasteiger partial charge in [-0.3, -0.25) is 0 Å². The predicted molar refractivity (Wildman–Crippen MR) is 62.7 cm³/mol. The van der Waals surface area contributed by atoms with Gasteiger partial charge >= 0.3 is 0 Å². The summed E-state index contributed by atoms with van der Waals surface area (Å²) in [5.74, 6) is 0. The molecule has 1 aromatic carbocycles. The molecule has 0 spiro atoms. The van der Waals surface area contributed by atoms with Gasteiger partial charge in [-0.15, -0.1) is 11.3 Å². The van der Waals surface area contributed by atoms with Crippen molar-refractivity contribution in [1.29, 1.82) is 5.26 Å². The first kappa shape index (κ1) is 9.75. The Bertz CT molecular complexity index is 494. The van der Waals surface area contributed by atoms with Crippen molar-refractivity contribution in [3.05, 3.63) is 52.4 Å². The van der Waals surface area contributed by atoms with Crippen LogP contribution in [0.15, 0.2) is 35.7 Å². The molecule has 0 aliphatic carbocycles. The summed E-state index contributed by atoms with van der Waals surface area (Å²) >= 11 is 1.43. The van der Waals surface area contributed by atoms with Crippen molar-refractivity contribution >= 4 is 16.3 Å². The zero-order chi connectivity index (χ0) is 10.7. The third kappa shape index (κ3) is 2.00. The Balaban J connectivity index is 2.30. The maximum atomic E-state index is 8.94. The molecule has 0 fully saturated rings. The van der Waals surface area contributed by atoms with Gasteiger partial charge in [0.15, 0.2) is 0 Å². The predicted octanol–water partition coefficient (Wildman–Crippen LogP) is 2.79. The highest BCUT2D eigenvalue weighted by molar-refractivity contribution is 7.14. The summed E-state index contributed by atoms with van der Waals surface area (Å²) in [6.07, 6.45) is 0.775. The summed E-state index contributed by atoms with van der Waals surface area (Å²) in [7, 11) is 0. The Morgan fingerprint density at radius 3 is 2.67 bits per heavy atom. The van der Waals surface area contributed by atoms with Gasteiger partial charge in [-0.25, -0.2) is 0 Å². The fourth-order valence-electron chi connectivity index (χ4n) is 1.48. The van der Waals surface area contributed by atoms with Crippen LogP contribution in [-0.4, -0.2) is 0 Å². The molecule has 2 nitrogen and oxygen atoms in total. The molecule has 0 saturated carbocycles. The van der Waals surface area contributed by atoms with Crippen LogP contribution in [0.4, 0.5) is 5.00 Å². The van der Waals surface area contributed by atoms with E-state index in [0.717, 1.165) is 12.0 Å². The second-order valence-electron chi connectivity index (χ2n) is 3.27. The van der Waals surface area contributed by atoms with Crippen molar-refractivity contribution in [2.24, 2.45) is 0 Å². The topological polar surface area (TPSA) is 49.8 Å². The highest BCUT2D eigenvalue weighted by Gasteiger charge is 2.08. The number of thiophene rings is 1. The number of nitrogens with zero attached hydrogens (tertiary/aromatic N) is 1. The second kappa shape index (κ2) is 4.16. The molecule has 2 aromatic rings. The lowest BCUT2D eigenvalue weighted by atomic mass is 10.0. The van der Waals surface area contributed by atoms with Crippen molar-refractivity contribution in [3.63, 3.8) is 0 Å². The van der Waals surface area contributed by atoms with Crippen molar-refractivity contribution < 1.29 is 0 Å². The summed E-state index contributed by atoms with van der Waals surface area (Å²) in [5.41, 5.74) is 8.55. The quantitative estimate of drug-likeness (QED) is 0.835. The first-order chi connectivity index (χ1) is 7.31. The van der Waals surface area contributed by atoms with Crippen LogP contribution < -0.4 is 5.73 Å². The Morgan fingerprint density at radius 2 is 2.00 bits per heavy atom. The van der Waals surface area contributed by atoms with Gasteiger partial charge in [-0.05, 0) is 22.9 Å². The van der Waals surface area contributed by atoms with E-state index >= 15 is 0 Å². The number of anilines is 1. The van der Waals surface area contributed by atoms with Gasteiger partial charge in [0.25, 0.3) is 0 Å². The third-order valence-electron chi connectivity index (χ3n) is 2.24. The molecule has 0 unspecified atom stereocenters. The van der Waals surface area contributed by atoms with Crippen molar-refractivity contribution in [3.8, 4) is 6.07 Å². The van der Waals surface area contributed by atoms with Crippen molar-refractivity contribution in [2.75, 3.05) is 5.73 Å². The zero-order valence-corrected chi connectivity index (χ0v) is 8.92. The van der Waals surface area contributed by atoms with E-state index in [9.17, 15) is 0 Å². The molecular weight excluding hydrogens is 204 g/mol. The molecule has 2 rings (SSSR count). The van der Waals surface area contributed by atoms with Crippen LogP contribution in [-0.2, 0) is 6.42 Å². The molecule has 0 bridgehead atoms. The lowest BCUT2D eigenvalue weighted by Gasteiger charge is -1.99. The van der Waals surface area contributed by atoms with E-state index in [-0.39, 0.29) is 0 Å². The van der Waals surface area contributed by atoms with Crippen LogP contribution in [0, 0.1) is 11.3 Å². The summed E-state index contributed by atoms with van der Waals surface area (Å²) in [6, 6.07) is 12.2. The zero-order valence-electron chi connectivity index (χ0n) is 8.10. The fourth-order valence-corrected chi connectivity index (χ4v) is 2.25. The smallest absolute Gasteiger partial charge is 0.104 e. The molecule has 0 aliphatic heterocycles. The Hall–Kier alpha value is -1.79. The van der Waals surface area contributed by atoms with E-state index < -0.39 is 0 Å². The van der Waals surface area contributed by atoms with E-state index in [1.54, 1.807) is 0 Å². The lowest BCUT2D eigenvalue weighted by Crippen LogP contribution is -1.90. The minimum atomic E-state index is 0.614. The molecule has 1 heterocycles. The average molecular weight is 214 g/mol. The van der Waals surface area contributed by atoms with E-state index in [1.807, 2.05) is 23.6 Å². The Kier molecular flexibility index (Phi) is 2.70. The SMILES string of the molecule is N#Cc1c(Cc2ccccc2)csc1N. The largest absolute Gasteiger partial charge is 0.389 e. The highest BCUT2D eigenvalue weighted by atomic mass is 32.1. The normalized spacial score (nSPS) is 9.80. The molecular formula is C12H10N2S. The molecule has 0 aliphatic rings. The van der Waals surface area contributed by atoms with E-state index in [4.69, 9.17) is 11.0 Å². The van der Waals surface area contributed by atoms with Gasteiger partial charge < -0.3 is 5.73 Å². The van der Waals surface area contributed by atoms with Crippen LogP contribution in [0.2, 0.25) is 0 Å². The molecule has 15 heavy (non-hydrogen) atoms. The van der Waals surface area contributed by atoms with Gasteiger partial charge in [0.05, 0.1) is 5.56 Å². The molecule has 0 saturated heterocycles. The molecule has 74 valence electrons. The second-order valence-corrected chi connectivity index (χ2v) is 4.19. The molecule has 0 atom stereocenters. The number of benzene rings is 1. The summed E-state index contributed by atoms with van der Waals surface area (Å²) in [4.78, 5) is 0. The number of rotatable bonds is 2. The Labute approximate surface area is 92.6 Å². The van der Waals surface area contributed by atoms with Crippen LogP contribution >= 0.6 is 11.3 Å². The molecule has 2 N–H and O–H groups in total. The van der Waals surface area contributed by atoms with Crippen LogP contribution in [0.3, 0.4) is 0 Å². The number of nitriles is 1. The van der Waals surface area contributed by atoms with Gasteiger partial charge in [0.1, 0.15) is 11.1 Å². The van der Waals surface area contributed by atoms with Gasteiger partial charge in [-0.1, -0.05) is 30.3 Å². The first-order valence-corrected chi connectivity index (χ1v) is 5.49. The molecule has 0 radical (unpaired) electrons. The van der Waals surface area contributed by atoms with E-state index in [0.29, 0.717) is 10.6 Å². The minimum absolute atomic E-state index is 0.614. The number of hydrogen-bond acceptors (Lipinski definition) is 3. The lowest BCUT2D eigenvalue weighted by molar-refractivity contribution is 1.20. The van der Waals surface area contributed by atoms with Gasteiger partial charge in [0.2, 0.25) is 0 Å². The fraction of sp³-hybridized carbons (Fsp3) is 0.0833. The maximum absolute atomic E-state index is 8.94. The van der Waals surface area contributed by atoms with Gasteiger partial charge in [0, 0.05) is 0 Å². The molecule has 0 amide bonds. The summed E-state index contributed by atoms with van der Waals surface area (Å²) in [6.45, 7) is 0. The number of nitrogen functional groups attached to an aromatic ring is 1. The first-order valence-electron chi connectivity index (χ1n) is 4.61. The minimum Gasteiger partial charge on any atom is -0.389 e. The van der Waals surface area contributed by atoms with Crippen LogP contribution in [0.1, 0.15) is 16.7 Å². The van der Waals surface area contributed by atoms with Crippen LogP contribution in [0.5, 0.6) is 0 Å². The number of nitrogens with two attached hydrogens (primary N) is 1. The van der Waals surface area contributed by atoms with E-state index in [1.165, 1.54) is 16.9 Å². The molecule has 3 heteroatoms. The Morgan fingerprint density at radius 1 is 1.27 bits per heavy atom. The van der Waals surface area contributed by atoms with E-state index in [2.05, 4.69) is 18.2 Å². The van der Waals surface area contributed by atoms with Crippen molar-refractivity contribution in [2.45, 2.75) is 6.42 Å². The number of hydrogen-bond donors (Lipinski definition) is 1. The summed E-state index contributed by atoms with van der Waals surface area (Å²) < 4.78 is 0. The summed E-state index contributed by atoms with van der Waals surface area (Å²) in [5, 5.41) is 11.5. The van der Waals surface area contributed by atoms with Gasteiger partial charge in [-0.2, -0.15) is 5.26 Å². The average Bonchev–Trinajstić information content (AvgIpc) is 2.61. The highest BCUT2D eigenvalue weighted by Crippen LogP contribution is 2.26. The third-order valence-corrected chi connectivity index (χ3v) is 3.11. The monoisotopic (exact) mass is 214 g/mol. The van der Waals surface area contributed by atoms with Crippen LogP contribution in [0.25, 0.3) is 0 Å². The maximum Gasteiger partial charge on any atom is 0.104 e. The van der Waals surface area contributed by atoms with Crippen molar-refractivity contribution in [1.82, 2.24) is 0 Å².